The van der Waals surface area contributed by atoms with Crippen LogP contribution in [0, 0.1) is 5.82 Å². The van der Waals surface area contributed by atoms with Gasteiger partial charge in [0.05, 0.1) is 5.69 Å². The molecule has 11 heteroatoms. The summed E-state index contributed by atoms with van der Waals surface area (Å²) in [5.41, 5.74) is -0.841. The SMILES string of the molecule is O=c1[nH]c2nonc2cc1Nc1ccc(F)cc1OC(F)(F)F. The highest BCUT2D eigenvalue weighted by atomic mass is 19.4. The third-order valence-electron chi connectivity index (χ3n) is 2.71. The van der Waals surface area contributed by atoms with Gasteiger partial charge in [0, 0.05) is 12.1 Å². The predicted molar refractivity (Wildman–Crippen MR) is 68.8 cm³/mol. The van der Waals surface area contributed by atoms with Crippen LogP contribution in [-0.2, 0) is 0 Å². The van der Waals surface area contributed by atoms with Gasteiger partial charge in [0.2, 0.25) is 5.65 Å². The number of ether oxygens (including phenoxy) is 1. The van der Waals surface area contributed by atoms with Gasteiger partial charge in [-0.2, -0.15) is 0 Å². The summed E-state index contributed by atoms with van der Waals surface area (Å²) in [5.74, 6) is -1.75. The number of pyridine rings is 1. The van der Waals surface area contributed by atoms with Crippen LogP contribution >= 0.6 is 0 Å². The Morgan fingerprint density at radius 2 is 1.96 bits per heavy atom. The number of nitrogens with zero attached hydrogens (tertiary/aromatic N) is 2. The standard InChI is InChI=1S/C12H6F4N4O3/c13-5-1-2-6(9(3-5)22-12(14,15)16)17-8-4-7-10(18-11(8)21)20-23-19-7/h1-4,17H,(H,18,20,21). The molecule has 2 heterocycles. The van der Waals surface area contributed by atoms with Crippen molar-refractivity contribution in [1.82, 2.24) is 15.3 Å². The van der Waals surface area contributed by atoms with Crippen LogP contribution in [0.3, 0.4) is 0 Å². The second-order valence-electron chi connectivity index (χ2n) is 4.32. The molecule has 0 unspecified atom stereocenters. The van der Waals surface area contributed by atoms with Crippen molar-refractivity contribution in [3.05, 3.63) is 40.4 Å². The molecule has 0 saturated carbocycles. The van der Waals surface area contributed by atoms with Gasteiger partial charge in [-0.05, 0) is 22.4 Å². The minimum Gasteiger partial charge on any atom is -0.403 e. The number of nitrogens with one attached hydrogen (secondary N) is 2. The van der Waals surface area contributed by atoms with Crippen LogP contribution in [0.1, 0.15) is 0 Å². The average molecular weight is 330 g/mol. The lowest BCUT2D eigenvalue weighted by Gasteiger charge is -2.14. The smallest absolute Gasteiger partial charge is 0.403 e. The molecule has 0 saturated heterocycles. The Labute approximate surface area is 123 Å². The molecule has 3 rings (SSSR count). The fourth-order valence-electron chi connectivity index (χ4n) is 1.80. The molecule has 120 valence electrons. The summed E-state index contributed by atoms with van der Waals surface area (Å²) in [6.45, 7) is 0. The number of alkyl halides is 3. The molecule has 2 N–H and O–H groups in total. The summed E-state index contributed by atoms with van der Waals surface area (Å²) >= 11 is 0. The summed E-state index contributed by atoms with van der Waals surface area (Å²) in [7, 11) is 0. The van der Waals surface area contributed by atoms with Crippen LogP contribution in [0.4, 0.5) is 28.9 Å². The summed E-state index contributed by atoms with van der Waals surface area (Å²) in [5, 5.41) is 9.33. The number of halogens is 4. The lowest BCUT2D eigenvalue weighted by molar-refractivity contribution is -0.274. The monoisotopic (exact) mass is 330 g/mol. The van der Waals surface area contributed by atoms with Crippen molar-refractivity contribution >= 4 is 22.5 Å². The third kappa shape index (κ3) is 3.22. The molecule has 23 heavy (non-hydrogen) atoms. The molecule has 0 bridgehead atoms. The molecule has 3 aromatic rings. The zero-order chi connectivity index (χ0) is 16.6. The minimum atomic E-state index is -5.02. The van der Waals surface area contributed by atoms with Gasteiger partial charge in [0.1, 0.15) is 11.5 Å². The van der Waals surface area contributed by atoms with Crippen LogP contribution < -0.4 is 15.6 Å². The minimum absolute atomic E-state index is 0.0754. The Kier molecular flexibility index (Phi) is 3.39. The fourth-order valence-corrected chi connectivity index (χ4v) is 1.80. The zero-order valence-electron chi connectivity index (χ0n) is 10.9. The topological polar surface area (TPSA) is 93.0 Å². The first-order chi connectivity index (χ1) is 10.8. The van der Waals surface area contributed by atoms with E-state index in [1.165, 1.54) is 6.07 Å². The molecule has 0 aliphatic rings. The van der Waals surface area contributed by atoms with Crippen LogP contribution in [0.15, 0.2) is 33.7 Å². The lowest BCUT2D eigenvalue weighted by atomic mass is 10.2. The number of anilines is 2. The molecule has 0 radical (unpaired) electrons. The first-order valence-electron chi connectivity index (χ1n) is 6.00. The van der Waals surface area contributed by atoms with Crippen LogP contribution in [0.2, 0.25) is 0 Å². The van der Waals surface area contributed by atoms with Crippen LogP contribution in [0.5, 0.6) is 5.75 Å². The van der Waals surface area contributed by atoms with Gasteiger partial charge in [-0.1, -0.05) is 0 Å². The lowest BCUT2D eigenvalue weighted by Crippen LogP contribution is -2.18. The van der Waals surface area contributed by atoms with Gasteiger partial charge >= 0.3 is 6.36 Å². The summed E-state index contributed by atoms with van der Waals surface area (Å²) in [4.78, 5) is 14.1. The van der Waals surface area contributed by atoms with Crippen LogP contribution in [0.25, 0.3) is 11.2 Å². The fraction of sp³-hybridized carbons (Fsp3) is 0.0833. The van der Waals surface area contributed by atoms with Crippen molar-refractivity contribution < 1.29 is 26.9 Å². The molecular weight excluding hydrogens is 324 g/mol. The Balaban J connectivity index is 2.01. The zero-order valence-corrected chi connectivity index (χ0v) is 10.9. The number of aromatic nitrogens is 3. The number of fused-ring (bicyclic) bond motifs is 1. The van der Waals surface area contributed by atoms with E-state index in [0.29, 0.717) is 6.07 Å². The molecular formula is C12H6F4N4O3. The Morgan fingerprint density at radius 1 is 1.17 bits per heavy atom. The van der Waals surface area contributed by atoms with Crippen molar-refractivity contribution in [3.8, 4) is 5.75 Å². The Hall–Kier alpha value is -3.11. The van der Waals surface area contributed by atoms with Gasteiger partial charge in [0.15, 0.2) is 11.3 Å². The Morgan fingerprint density at radius 3 is 2.70 bits per heavy atom. The highest BCUT2D eigenvalue weighted by Gasteiger charge is 2.32. The summed E-state index contributed by atoms with van der Waals surface area (Å²) in [6.07, 6.45) is -5.02. The molecule has 0 aliphatic heterocycles. The quantitative estimate of drug-likeness (QED) is 0.717. The highest BCUT2D eigenvalue weighted by Crippen LogP contribution is 2.32. The maximum atomic E-state index is 13.1. The molecule has 1 aromatic carbocycles. The van der Waals surface area contributed by atoms with Crippen molar-refractivity contribution in [3.63, 3.8) is 0 Å². The van der Waals surface area contributed by atoms with Gasteiger partial charge in [-0.25, -0.2) is 9.02 Å². The number of hydrogen-bond acceptors (Lipinski definition) is 6. The van der Waals surface area contributed by atoms with E-state index in [0.717, 1.165) is 12.1 Å². The molecule has 0 atom stereocenters. The van der Waals surface area contributed by atoms with Crippen LogP contribution in [-0.4, -0.2) is 21.7 Å². The maximum Gasteiger partial charge on any atom is 0.573 e. The van der Waals surface area contributed by atoms with E-state index >= 15 is 0 Å². The van der Waals surface area contributed by atoms with E-state index in [9.17, 15) is 22.4 Å². The summed E-state index contributed by atoms with van der Waals surface area (Å²) < 4.78 is 58.4. The number of aromatic amines is 1. The van der Waals surface area contributed by atoms with E-state index in [-0.39, 0.29) is 22.5 Å². The van der Waals surface area contributed by atoms with Gasteiger partial charge < -0.3 is 15.0 Å². The van der Waals surface area contributed by atoms with Crippen molar-refractivity contribution in [2.45, 2.75) is 6.36 Å². The first kappa shape index (κ1) is 14.8. The van der Waals surface area contributed by atoms with Gasteiger partial charge in [0.25, 0.3) is 5.56 Å². The van der Waals surface area contributed by atoms with E-state index in [1.807, 2.05) is 0 Å². The second-order valence-corrected chi connectivity index (χ2v) is 4.32. The predicted octanol–water partition coefficient (Wildman–Crippen LogP) is 2.69. The van der Waals surface area contributed by atoms with Crippen molar-refractivity contribution in [2.75, 3.05) is 5.32 Å². The van der Waals surface area contributed by atoms with E-state index < -0.39 is 23.5 Å². The van der Waals surface area contributed by atoms with Crippen molar-refractivity contribution in [2.24, 2.45) is 0 Å². The maximum absolute atomic E-state index is 13.1. The normalized spacial score (nSPS) is 11.7. The number of hydrogen-bond donors (Lipinski definition) is 2. The van der Waals surface area contributed by atoms with Gasteiger partial charge in [-0.3, -0.25) is 4.79 Å². The Bertz CT molecular complexity index is 919. The number of rotatable bonds is 3. The molecule has 0 amide bonds. The number of H-pyrrole nitrogens is 1. The molecule has 7 nitrogen and oxygen atoms in total. The van der Waals surface area contributed by atoms with Crippen molar-refractivity contribution in [1.29, 1.82) is 0 Å². The highest BCUT2D eigenvalue weighted by molar-refractivity contribution is 5.76. The molecule has 0 fully saturated rings. The molecule has 0 spiro atoms. The average Bonchev–Trinajstić information content (AvgIpc) is 2.87. The third-order valence-corrected chi connectivity index (χ3v) is 2.71. The van der Waals surface area contributed by atoms with E-state index in [2.05, 4.69) is 30.0 Å². The van der Waals surface area contributed by atoms with Gasteiger partial charge in [-0.15, -0.1) is 13.2 Å². The second kappa shape index (κ2) is 5.26. The van der Waals surface area contributed by atoms with E-state index in [1.54, 1.807) is 0 Å². The van der Waals surface area contributed by atoms with E-state index in [4.69, 9.17) is 0 Å². The first-order valence-corrected chi connectivity index (χ1v) is 6.00. The number of benzene rings is 1. The molecule has 0 aliphatic carbocycles. The largest absolute Gasteiger partial charge is 0.573 e. The summed E-state index contributed by atoms with van der Waals surface area (Å²) in [6, 6.07) is 3.67. The molecule has 2 aromatic heterocycles.